The van der Waals surface area contributed by atoms with Crippen LogP contribution in [0.25, 0.3) is 0 Å². The van der Waals surface area contributed by atoms with Crippen molar-refractivity contribution in [1.29, 1.82) is 0 Å². The number of hydrogen-bond donors (Lipinski definition) is 0. The van der Waals surface area contributed by atoms with E-state index in [0.717, 1.165) is 5.56 Å². The summed E-state index contributed by atoms with van der Waals surface area (Å²) in [5.74, 6) is -0.150. The Bertz CT molecular complexity index is 572. The van der Waals surface area contributed by atoms with Gasteiger partial charge >= 0.3 is 11.5 Å². The lowest BCUT2D eigenvalue weighted by molar-refractivity contribution is -0.533. The average Bonchev–Trinajstić information content (AvgIpc) is 3.02. The summed E-state index contributed by atoms with van der Waals surface area (Å²) >= 11 is 0. The molecule has 1 aliphatic carbocycles. The van der Waals surface area contributed by atoms with Crippen molar-refractivity contribution in [3.8, 4) is 5.75 Å². The van der Waals surface area contributed by atoms with Crippen molar-refractivity contribution >= 4 is 5.97 Å². The Morgan fingerprint density at radius 3 is 2.79 bits per heavy atom. The lowest BCUT2D eigenvalue weighted by atomic mass is 10.0. The smallest absolute Gasteiger partial charge is 0.385 e. The minimum atomic E-state index is -1.64. The molecule has 2 atom stereocenters. The van der Waals surface area contributed by atoms with Gasteiger partial charge in [-0.15, -0.1) is 0 Å². The van der Waals surface area contributed by atoms with Crippen LogP contribution in [0.3, 0.4) is 0 Å². The first-order chi connectivity index (χ1) is 8.99. The number of benzene rings is 1. The van der Waals surface area contributed by atoms with Crippen LogP contribution in [0.1, 0.15) is 18.9 Å². The summed E-state index contributed by atoms with van der Waals surface area (Å²) in [4.78, 5) is 22.7. The van der Waals surface area contributed by atoms with Gasteiger partial charge in [0, 0.05) is 16.9 Å². The normalized spacial score (nSPS) is 32.6. The number of cyclic esters (lactones) is 1. The Kier molecular flexibility index (Phi) is 2.32. The summed E-state index contributed by atoms with van der Waals surface area (Å²) in [6, 6.07) is 7.17. The van der Waals surface area contributed by atoms with E-state index >= 15 is 0 Å². The molecule has 2 aliphatic rings. The SMILES string of the molecule is C[C@]12COc3ccccc3COC(=O)[C@@]1([N+](=O)[O-])C2. The molecule has 1 aliphatic heterocycles. The number of esters is 1. The molecule has 6 heteroatoms. The molecule has 0 amide bonds. The lowest BCUT2D eigenvalue weighted by Crippen LogP contribution is -2.40. The molecule has 0 saturated heterocycles. The van der Waals surface area contributed by atoms with Crippen molar-refractivity contribution < 1.29 is 19.2 Å². The van der Waals surface area contributed by atoms with Gasteiger partial charge in [-0.3, -0.25) is 10.1 Å². The molecule has 100 valence electrons. The highest BCUT2D eigenvalue weighted by Crippen LogP contribution is 2.59. The highest BCUT2D eigenvalue weighted by Gasteiger charge is 2.82. The summed E-state index contributed by atoms with van der Waals surface area (Å²) in [5, 5.41) is 11.2. The number of nitro groups is 1. The topological polar surface area (TPSA) is 78.7 Å². The van der Waals surface area contributed by atoms with Gasteiger partial charge in [0.05, 0.1) is 5.41 Å². The third-order valence-corrected chi connectivity index (χ3v) is 4.05. The molecule has 6 nitrogen and oxygen atoms in total. The fraction of sp³-hybridized carbons (Fsp3) is 0.462. The largest absolute Gasteiger partial charge is 0.492 e. The monoisotopic (exact) mass is 263 g/mol. The van der Waals surface area contributed by atoms with Crippen LogP contribution in [0.5, 0.6) is 5.75 Å². The van der Waals surface area contributed by atoms with E-state index in [0.29, 0.717) is 5.75 Å². The number of para-hydroxylation sites is 1. The number of fused-ring (bicyclic) bond motifs is 2. The van der Waals surface area contributed by atoms with E-state index in [1.54, 1.807) is 25.1 Å². The molecular formula is C13H13NO5. The van der Waals surface area contributed by atoms with Gasteiger partial charge in [-0.2, -0.15) is 0 Å². The van der Waals surface area contributed by atoms with Crippen LogP contribution in [-0.4, -0.2) is 23.0 Å². The molecule has 1 fully saturated rings. The minimum absolute atomic E-state index is 0.000671. The predicted molar refractivity (Wildman–Crippen MR) is 64.2 cm³/mol. The van der Waals surface area contributed by atoms with Gasteiger partial charge < -0.3 is 9.47 Å². The van der Waals surface area contributed by atoms with Crippen LogP contribution in [0, 0.1) is 15.5 Å². The van der Waals surface area contributed by atoms with Crippen molar-refractivity contribution in [3.63, 3.8) is 0 Å². The van der Waals surface area contributed by atoms with Crippen LogP contribution in [0.4, 0.5) is 0 Å². The molecule has 3 rings (SSSR count). The second-order valence-corrected chi connectivity index (χ2v) is 5.33. The molecule has 0 unspecified atom stereocenters. The molecule has 0 aromatic heterocycles. The molecule has 19 heavy (non-hydrogen) atoms. The third kappa shape index (κ3) is 1.52. The van der Waals surface area contributed by atoms with Crippen molar-refractivity contribution in [2.75, 3.05) is 6.61 Å². The highest BCUT2D eigenvalue weighted by atomic mass is 16.6. The molecule has 1 heterocycles. The van der Waals surface area contributed by atoms with E-state index < -0.39 is 21.8 Å². The van der Waals surface area contributed by atoms with Crippen molar-refractivity contribution in [2.24, 2.45) is 5.41 Å². The summed E-state index contributed by atoms with van der Waals surface area (Å²) in [5.41, 5.74) is -1.72. The molecule has 1 aromatic carbocycles. The first-order valence-corrected chi connectivity index (χ1v) is 6.02. The molecule has 0 radical (unpaired) electrons. The number of carbonyl (C=O) groups excluding carboxylic acids is 1. The second-order valence-electron chi connectivity index (χ2n) is 5.33. The summed E-state index contributed by atoms with van der Waals surface area (Å²) in [6.45, 7) is 1.83. The first-order valence-electron chi connectivity index (χ1n) is 6.02. The third-order valence-electron chi connectivity index (χ3n) is 4.05. The van der Waals surface area contributed by atoms with Crippen LogP contribution >= 0.6 is 0 Å². The van der Waals surface area contributed by atoms with Gasteiger partial charge in [-0.1, -0.05) is 18.2 Å². The summed E-state index contributed by atoms with van der Waals surface area (Å²) in [7, 11) is 0. The molecule has 0 N–H and O–H groups in total. The minimum Gasteiger partial charge on any atom is -0.492 e. The Morgan fingerprint density at radius 1 is 1.32 bits per heavy atom. The van der Waals surface area contributed by atoms with E-state index in [-0.39, 0.29) is 19.6 Å². The van der Waals surface area contributed by atoms with Gasteiger partial charge in [0.1, 0.15) is 19.0 Å². The Morgan fingerprint density at radius 2 is 2.05 bits per heavy atom. The summed E-state index contributed by atoms with van der Waals surface area (Å²) < 4.78 is 10.8. The fourth-order valence-corrected chi connectivity index (χ4v) is 2.63. The van der Waals surface area contributed by atoms with E-state index in [2.05, 4.69) is 0 Å². The quantitative estimate of drug-likeness (QED) is 0.436. The van der Waals surface area contributed by atoms with Crippen LogP contribution in [0.2, 0.25) is 0 Å². The fourth-order valence-electron chi connectivity index (χ4n) is 2.63. The van der Waals surface area contributed by atoms with Crippen molar-refractivity contribution in [3.05, 3.63) is 39.9 Å². The summed E-state index contributed by atoms with van der Waals surface area (Å²) in [6.07, 6.45) is 0.161. The second kappa shape index (κ2) is 3.69. The zero-order valence-corrected chi connectivity index (χ0v) is 10.4. The molecule has 0 bridgehead atoms. The maximum absolute atomic E-state index is 12.0. The predicted octanol–water partition coefficient (Wildman–Crippen LogP) is 1.55. The van der Waals surface area contributed by atoms with E-state index in [1.165, 1.54) is 0 Å². The number of carbonyl (C=O) groups is 1. The number of nitrogens with zero attached hydrogens (tertiary/aromatic N) is 1. The average molecular weight is 263 g/mol. The Labute approximate surface area is 109 Å². The first kappa shape index (κ1) is 12.0. The highest BCUT2D eigenvalue weighted by molar-refractivity contribution is 5.85. The van der Waals surface area contributed by atoms with E-state index in [4.69, 9.17) is 9.47 Å². The maximum atomic E-state index is 12.0. The lowest BCUT2D eigenvalue weighted by Gasteiger charge is -2.13. The van der Waals surface area contributed by atoms with Crippen LogP contribution < -0.4 is 4.74 Å². The maximum Gasteiger partial charge on any atom is 0.385 e. The zero-order chi connectivity index (χ0) is 13.7. The van der Waals surface area contributed by atoms with Gasteiger partial charge in [0.25, 0.3) is 0 Å². The standard InChI is InChI=1S/C13H13NO5/c1-12-7-13(12,14(16)17)11(15)18-6-9-4-2-3-5-10(9)19-8-12/h2-5H,6-8H2,1H3/t12-,13-/m0/s1. The molecule has 1 saturated carbocycles. The molecule has 1 aromatic rings. The number of hydrogen-bond acceptors (Lipinski definition) is 5. The van der Waals surface area contributed by atoms with Gasteiger partial charge in [-0.25, -0.2) is 4.79 Å². The van der Waals surface area contributed by atoms with Gasteiger partial charge in [0.15, 0.2) is 0 Å². The molecular weight excluding hydrogens is 250 g/mol. The van der Waals surface area contributed by atoms with Gasteiger partial charge in [-0.05, 0) is 13.0 Å². The van der Waals surface area contributed by atoms with E-state index in [1.807, 2.05) is 6.07 Å². The number of rotatable bonds is 1. The van der Waals surface area contributed by atoms with Crippen LogP contribution in [0.15, 0.2) is 24.3 Å². The number of ether oxygens (including phenoxy) is 2. The van der Waals surface area contributed by atoms with Crippen molar-refractivity contribution in [2.45, 2.75) is 25.5 Å². The van der Waals surface area contributed by atoms with E-state index in [9.17, 15) is 14.9 Å². The molecule has 0 spiro atoms. The Balaban J connectivity index is 1.98. The van der Waals surface area contributed by atoms with Crippen LogP contribution in [-0.2, 0) is 16.1 Å². The van der Waals surface area contributed by atoms with Crippen molar-refractivity contribution in [1.82, 2.24) is 0 Å². The zero-order valence-electron chi connectivity index (χ0n) is 10.4. The van der Waals surface area contributed by atoms with Gasteiger partial charge in [0.2, 0.25) is 0 Å². The Hall–Kier alpha value is -2.11.